The third-order valence-electron chi connectivity index (χ3n) is 3.77. The van der Waals surface area contributed by atoms with Gasteiger partial charge in [-0.1, -0.05) is 20.3 Å². The Hall–Kier alpha value is -0.650. The molecule has 106 valence electrons. The van der Waals surface area contributed by atoms with E-state index in [-0.39, 0.29) is 17.9 Å². The molecule has 0 aromatic rings. The Balaban J connectivity index is 2.30. The quantitative estimate of drug-likeness (QED) is 0.736. The van der Waals surface area contributed by atoms with Gasteiger partial charge in [0.2, 0.25) is 5.91 Å². The number of hydrogen-bond donors (Lipinski definition) is 1. The van der Waals surface area contributed by atoms with Gasteiger partial charge in [0.05, 0.1) is 19.3 Å². The van der Waals surface area contributed by atoms with E-state index < -0.39 is 0 Å². The molecule has 5 heteroatoms. The molecule has 1 aliphatic heterocycles. The van der Waals surface area contributed by atoms with Crippen molar-refractivity contribution in [1.29, 1.82) is 0 Å². The number of nitrogens with two attached hydrogens (primary N) is 1. The van der Waals surface area contributed by atoms with Crippen molar-refractivity contribution in [2.45, 2.75) is 26.3 Å². The summed E-state index contributed by atoms with van der Waals surface area (Å²) in [5.74, 6) is 0.293. The molecule has 18 heavy (non-hydrogen) atoms. The highest BCUT2D eigenvalue weighted by molar-refractivity contribution is 5.81. The molecule has 0 aliphatic carbocycles. The van der Waals surface area contributed by atoms with Crippen LogP contribution in [0.1, 0.15) is 20.3 Å². The van der Waals surface area contributed by atoms with Crippen molar-refractivity contribution in [3.8, 4) is 0 Å². The number of ether oxygens (including phenoxy) is 1. The lowest BCUT2D eigenvalue weighted by Crippen LogP contribution is -2.48. The van der Waals surface area contributed by atoms with Crippen LogP contribution in [0.5, 0.6) is 0 Å². The molecule has 1 rings (SSSR count). The van der Waals surface area contributed by atoms with Crippen LogP contribution in [0.2, 0.25) is 0 Å². The summed E-state index contributed by atoms with van der Waals surface area (Å²) >= 11 is 0. The Labute approximate surface area is 110 Å². The van der Waals surface area contributed by atoms with Crippen LogP contribution in [0.15, 0.2) is 0 Å². The van der Waals surface area contributed by atoms with E-state index in [9.17, 15) is 4.79 Å². The minimum absolute atomic E-state index is 0.0533. The average Bonchev–Trinajstić information content (AvgIpc) is 2.43. The van der Waals surface area contributed by atoms with Gasteiger partial charge in [0.1, 0.15) is 0 Å². The van der Waals surface area contributed by atoms with Crippen LogP contribution < -0.4 is 5.73 Å². The van der Waals surface area contributed by atoms with Crippen LogP contribution in [0.25, 0.3) is 0 Å². The summed E-state index contributed by atoms with van der Waals surface area (Å²) in [5.41, 5.74) is 5.96. The van der Waals surface area contributed by atoms with Gasteiger partial charge >= 0.3 is 0 Å². The Morgan fingerprint density at radius 3 is 2.61 bits per heavy atom. The van der Waals surface area contributed by atoms with Gasteiger partial charge < -0.3 is 15.4 Å². The van der Waals surface area contributed by atoms with E-state index in [1.54, 1.807) is 4.90 Å². The second-order valence-electron chi connectivity index (χ2n) is 5.13. The fraction of sp³-hybridized carbons (Fsp3) is 0.923. The van der Waals surface area contributed by atoms with E-state index in [1.165, 1.54) is 0 Å². The Kier molecular flexibility index (Phi) is 6.60. The fourth-order valence-electron chi connectivity index (χ4n) is 1.98. The number of carbonyl (C=O) groups excluding carboxylic acids is 1. The first-order valence-corrected chi connectivity index (χ1v) is 6.87. The standard InChI is InChI=1S/C13H27N3O2/c1-4-11(2)12(14)13(17)15(3)5-6-16-7-9-18-10-8-16/h11-12H,4-10,14H2,1-3H3. The number of morpholine rings is 1. The van der Waals surface area contributed by atoms with Gasteiger partial charge in [-0.2, -0.15) is 0 Å². The Morgan fingerprint density at radius 1 is 1.44 bits per heavy atom. The third kappa shape index (κ3) is 4.55. The maximum Gasteiger partial charge on any atom is 0.239 e. The van der Waals surface area contributed by atoms with Crippen LogP contribution in [-0.4, -0.2) is 68.2 Å². The topological polar surface area (TPSA) is 58.8 Å². The zero-order valence-corrected chi connectivity index (χ0v) is 11.9. The third-order valence-corrected chi connectivity index (χ3v) is 3.77. The molecule has 1 aliphatic rings. The van der Waals surface area contributed by atoms with Crippen molar-refractivity contribution >= 4 is 5.91 Å². The van der Waals surface area contributed by atoms with Crippen molar-refractivity contribution in [3.05, 3.63) is 0 Å². The van der Waals surface area contributed by atoms with E-state index in [0.29, 0.717) is 0 Å². The predicted octanol–water partition coefficient (Wildman–Crippen LogP) is 0.150. The molecule has 0 saturated carbocycles. The van der Waals surface area contributed by atoms with E-state index in [2.05, 4.69) is 11.8 Å². The summed E-state index contributed by atoms with van der Waals surface area (Å²) < 4.78 is 5.30. The molecule has 0 aromatic heterocycles. The zero-order chi connectivity index (χ0) is 13.5. The summed E-state index contributed by atoms with van der Waals surface area (Å²) in [5, 5.41) is 0. The maximum absolute atomic E-state index is 12.1. The van der Waals surface area contributed by atoms with Gasteiger partial charge in [-0.15, -0.1) is 0 Å². The van der Waals surface area contributed by atoms with E-state index in [1.807, 2.05) is 14.0 Å². The molecule has 0 aromatic carbocycles. The zero-order valence-electron chi connectivity index (χ0n) is 11.9. The fourth-order valence-corrected chi connectivity index (χ4v) is 1.98. The average molecular weight is 257 g/mol. The summed E-state index contributed by atoms with van der Waals surface area (Å²) in [6.45, 7) is 9.23. The monoisotopic (exact) mass is 257 g/mol. The molecule has 2 atom stereocenters. The second-order valence-corrected chi connectivity index (χ2v) is 5.13. The van der Waals surface area contributed by atoms with Crippen LogP contribution in [0.4, 0.5) is 0 Å². The first-order valence-electron chi connectivity index (χ1n) is 6.87. The minimum Gasteiger partial charge on any atom is -0.379 e. The van der Waals surface area contributed by atoms with Crippen LogP contribution >= 0.6 is 0 Å². The number of rotatable bonds is 6. The first kappa shape index (κ1) is 15.4. The normalized spacial score (nSPS) is 20.4. The van der Waals surface area contributed by atoms with Crippen molar-refractivity contribution in [2.24, 2.45) is 11.7 Å². The van der Waals surface area contributed by atoms with Crippen molar-refractivity contribution in [2.75, 3.05) is 46.4 Å². The lowest BCUT2D eigenvalue weighted by Gasteiger charge is -2.30. The number of amides is 1. The lowest BCUT2D eigenvalue weighted by molar-refractivity contribution is -0.132. The molecular weight excluding hydrogens is 230 g/mol. The molecule has 1 amide bonds. The smallest absolute Gasteiger partial charge is 0.239 e. The van der Waals surface area contributed by atoms with Crippen molar-refractivity contribution < 1.29 is 9.53 Å². The van der Waals surface area contributed by atoms with Crippen molar-refractivity contribution in [1.82, 2.24) is 9.80 Å². The van der Waals surface area contributed by atoms with Gasteiger partial charge in [-0.25, -0.2) is 0 Å². The number of hydrogen-bond acceptors (Lipinski definition) is 4. The summed E-state index contributed by atoms with van der Waals surface area (Å²) in [6, 6.07) is -0.371. The van der Waals surface area contributed by atoms with E-state index >= 15 is 0 Å². The van der Waals surface area contributed by atoms with Crippen LogP contribution in [0.3, 0.4) is 0 Å². The van der Waals surface area contributed by atoms with Gasteiger partial charge in [0.25, 0.3) is 0 Å². The molecule has 1 fully saturated rings. The number of carbonyl (C=O) groups is 1. The SMILES string of the molecule is CCC(C)C(N)C(=O)N(C)CCN1CCOCC1. The Morgan fingerprint density at radius 2 is 2.06 bits per heavy atom. The van der Waals surface area contributed by atoms with Gasteiger partial charge in [0.15, 0.2) is 0 Å². The van der Waals surface area contributed by atoms with Gasteiger partial charge in [0, 0.05) is 33.2 Å². The van der Waals surface area contributed by atoms with E-state index in [4.69, 9.17) is 10.5 Å². The summed E-state index contributed by atoms with van der Waals surface area (Å²) in [4.78, 5) is 16.2. The van der Waals surface area contributed by atoms with Gasteiger partial charge in [-0.05, 0) is 5.92 Å². The van der Waals surface area contributed by atoms with Crippen molar-refractivity contribution in [3.63, 3.8) is 0 Å². The summed E-state index contributed by atoms with van der Waals surface area (Å²) in [7, 11) is 1.84. The molecule has 1 heterocycles. The van der Waals surface area contributed by atoms with Crippen LogP contribution in [0, 0.1) is 5.92 Å². The van der Waals surface area contributed by atoms with Crippen LogP contribution in [-0.2, 0) is 9.53 Å². The molecule has 0 spiro atoms. The predicted molar refractivity (Wildman–Crippen MR) is 72.3 cm³/mol. The molecule has 1 saturated heterocycles. The molecule has 0 radical (unpaired) electrons. The maximum atomic E-state index is 12.1. The summed E-state index contributed by atoms with van der Waals surface area (Å²) in [6.07, 6.45) is 0.935. The molecule has 2 unspecified atom stereocenters. The number of nitrogens with zero attached hydrogens (tertiary/aromatic N) is 2. The molecular formula is C13H27N3O2. The number of likely N-dealkylation sites (N-methyl/N-ethyl adjacent to an activating group) is 1. The Bertz CT molecular complexity index is 255. The molecule has 2 N–H and O–H groups in total. The molecule has 5 nitrogen and oxygen atoms in total. The minimum atomic E-state index is -0.371. The largest absolute Gasteiger partial charge is 0.379 e. The highest BCUT2D eigenvalue weighted by atomic mass is 16.5. The van der Waals surface area contributed by atoms with Gasteiger partial charge in [-0.3, -0.25) is 9.69 Å². The first-order chi connectivity index (χ1) is 8.56. The molecule has 0 bridgehead atoms. The van der Waals surface area contributed by atoms with E-state index in [0.717, 1.165) is 45.8 Å². The highest BCUT2D eigenvalue weighted by Gasteiger charge is 2.23. The highest BCUT2D eigenvalue weighted by Crippen LogP contribution is 2.08. The second kappa shape index (κ2) is 7.71. The lowest BCUT2D eigenvalue weighted by atomic mass is 9.99.